The lowest BCUT2D eigenvalue weighted by Gasteiger charge is -2.12. The van der Waals surface area contributed by atoms with Crippen LogP contribution < -0.4 is 4.74 Å². The Morgan fingerprint density at radius 3 is 1.90 bits per heavy atom. The zero-order valence-corrected chi connectivity index (χ0v) is 17.7. The van der Waals surface area contributed by atoms with E-state index in [-0.39, 0.29) is 17.4 Å². The number of halogens is 2. The second kappa shape index (κ2) is 10.6. The molecular formula is C26H32F2O. The molecule has 156 valence electrons. The summed E-state index contributed by atoms with van der Waals surface area (Å²) in [6.45, 7) is 4.69. The number of rotatable bonds is 11. The fourth-order valence-electron chi connectivity index (χ4n) is 3.96. The van der Waals surface area contributed by atoms with Gasteiger partial charge < -0.3 is 4.74 Å². The van der Waals surface area contributed by atoms with Gasteiger partial charge >= 0.3 is 0 Å². The molecule has 0 heterocycles. The molecule has 3 heteroatoms. The van der Waals surface area contributed by atoms with Gasteiger partial charge in [-0.2, -0.15) is 0 Å². The van der Waals surface area contributed by atoms with Gasteiger partial charge in [-0.3, -0.25) is 0 Å². The minimum absolute atomic E-state index is 0.165. The van der Waals surface area contributed by atoms with Crippen molar-refractivity contribution in [1.29, 1.82) is 0 Å². The Morgan fingerprint density at radius 1 is 0.621 bits per heavy atom. The predicted octanol–water partition coefficient (Wildman–Crippen LogP) is 8.35. The Hall–Kier alpha value is -2.16. The Morgan fingerprint density at radius 2 is 1.21 bits per heavy atom. The van der Waals surface area contributed by atoms with Crippen molar-refractivity contribution in [2.24, 2.45) is 0 Å². The van der Waals surface area contributed by atoms with Gasteiger partial charge in [0.25, 0.3) is 0 Å². The van der Waals surface area contributed by atoms with Gasteiger partial charge in [0.2, 0.25) is 0 Å². The van der Waals surface area contributed by atoms with Gasteiger partial charge in [-0.15, -0.1) is 0 Å². The fraction of sp³-hybridized carbons (Fsp3) is 0.462. The molecule has 3 aromatic rings. The number of hydrogen-bond acceptors (Lipinski definition) is 1. The van der Waals surface area contributed by atoms with Crippen molar-refractivity contribution in [3.63, 3.8) is 0 Å². The first-order chi connectivity index (χ1) is 14.2. The minimum atomic E-state index is -0.370. The van der Waals surface area contributed by atoms with Gasteiger partial charge in [0.15, 0.2) is 11.6 Å². The molecule has 29 heavy (non-hydrogen) atoms. The first kappa shape index (κ1) is 21.5. The van der Waals surface area contributed by atoms with Gasteiger partial charge in [0.05, 0.1) is 6.61 Å². The van der Waals surface area contributed by atoms with Crippen molar-refractivity contribution in [2.75, 3.05) is 6.61 Å². The summed E-state index contributed by atoms with van der Waals surface area (Å²) in [5.74, 6) is -0.276. The molecular weight excluding hydrogens is 366 g/mol. The van der Waals surface area contributed by atoms with Crippen molar-refractivity contribution in [2.45, 2.75) is 71.6 Å². The average molecular weight is 399 g/mol. The van der Waals surface area contributed by atoms with Crippen LogP contribution in [-0.4, -0.2) is 6.61 Å². The standard InChI is InChI=1S/C26H32F2O/c1-3-5-6-7-8-9-10-11-19-12-13-20-21-16-17-24(29-18-4-2)26(28)23(21)15-14-22(20)25(19)27/h12-17H,3-11,18H2,1-2H3. The average Bonchev–Trinajstić information content (AvgIpc) is 2.74. The van der Waals surface area contributed by atoms with Crippen molar-refractivity contribution in [3.05, 3.63) is 53.6 Å². The van der Waals surface area contributed by atoms with Crippen LogP contribution in [0.25, 0.3) is 21.5 Å². The number of unbranched alkanes of at least 4 members (excludes halogenated alkanes) is 6. The smallest absolute Gasteiger partial charge is 0.172 e. The number of benzene rings is 3. The molecule has 0 N–H and O–H groups in total. The van der Waals surface area contributed by atoms with Crippen LogP contribution in [0.15, 0.2) is 36.4 Å². The lowest BCUT2D eigenvalue weighted by Crippen LogP contribution is -1.98. The number of hydrogen-bond donors (Lipinski definition) is 0. The number of aryl methyl sites for hydroxylation is 1. The Bertz CT molecular complexity index is 948. The van der Waals surface area contributed by atoms with Gasteiger partial charge in [-0.1, -0.05) is 76.6 Å². The van der Waals surface area contributed by atoms with E-state index in [1.165, 1.54) is 32.1 Å². The van der Waals surface area contributed by atoms with Crippen LogP contribution in [0, 0.1) is 11.6 Å². The van der Waals surface area contributed by atoms with E-state index < -0.39 is 0 Å². The largest absolute Gasteiger partial charge is 0.491 e. The molecule has 0 bridgehead atoms. The molecule has 0 aliphatic heterocycles. The predicted molar refractivity (Wildman–Crippen MR) is 119 cm³/mol. The molecule has 0 amide bonds. The zero-order chi connectivity index (χ0) is 20.6. The maximum atomic E-state index is 15.1. The summed E-state index contributed by atoms with van der Waals surface area (Å²) in [5.41, 5.74) is 0.758. The number of fused-ring (bicyclic) bond motifs is 3. The molecule has 0 aliphatic carbocycles. The third-order valence-corrected chi connectivity index (χ3v) is 5.62. The van der Waals surface area contributed by atoms with Gasteiger partial charge in [0, 0.05) is 10.8 Å². The summed E-state index contributed by atoms with van der Waals surface area (Å²) in [4.78, 5) is 0. The van der Waals surface area contributed by atoms with Crippen LogP contribution in [0.3, 0.4) is 0 Å². The van der Waals surface area contributed by atoms with Crippen LogP contribution in [0.1, 0.15) is 70.8 Å². The maximum Gasteiger partial charge on any atom is 0.172 e. The normalized spacial score (nSPS) is 11.4. The summed E-state index contributed by atoms with van der Waals surface area (Å²) >= 11 is 0. The molecule has 0 radical (unpaired) electrons. The van der Waals surface area contributed by atoms with Gasteiger partial charge in [-0.05, 0) is 47.7 Å². The van der Waals surface area contributed by atoms with E-state index in [9.17, 15) is 4.39 Å². The van der Waals surface area contributed by atoms with Crippen molar-refractivity contribution >= 4 is 21.5 Å². The molecule has 0 aliphatic rings. The van der Waals surface area contributed by atoms with Crippen molar-refractivity contribution in [1.82, 2.24) is 0 Å². The van der Waals surface area contributed by atoms with E-state index in [4.69, 9.17) is 4.74 Å². The van der Waals surface area contributed by atoms with Crippen LogP contribution >= 0.6 is 0 Å². The van der Waals surface area contributed by atoms with Crippen LogP contribution in [0.5, 0.6) is 5.75 Å². The van der Waals surface area contributed by atoms with Gasteiger partial charge in [-0.25, -0.2) is 8.78 Å². The molecule has 0 saturated carbocycles. The quantitative estimate of drug-likeness (QED) is 0.233. The second-order valence-corrected chi connectivity index (χ2v) is 7.89. The lowest BCUT2D eigenvalue weighted by atomic mass is 9.97. The summed E-state index contributed by atoms with van der Waals surface area (Å²) in [6, 6.07) is 10.7. The van der Waals surface area contributed by atoms with Crippen molar-refractivity contribution < 1.29 is 13.5 Å². The highest BCUT2D eigenvalue weighted by Crippen LogP contribution is 2.34. The van der Waals surface area contributed by atoms with E-state index in [0.29, 0.717) is 17.4 Å². The SMILES string of the molecule is CCCCCCCCCc1ccc2c(ccc3c(F)c(OCCC)ccc32)c1F. The van der Waals surface area contributed by atoms with E-state index >= 15 is 4.39 Å². The highest BCUT2D eigenvalue weighted by molar-refractivity contribution is 6.08. The Labute approximate surface area is 173 Å². The molecule has 0 aromatic heterocycles. The molecule has 0 atom stereocenters. The molecule has 0 saturated heterocycles. The van der Waals surface area contributed by atoms with E-state index in [0.717, 1.165) is 42.0 Å². The second-order valence-electron chi connectivity index (χ2n) is 7.89. The molecule has 0 unspecified atom stereocenters. The monoisotopic (exact) mass is 398 g/mol. The van der Waals surface area contributed by atoms with E-state index in [2.05, 4.69) is 6.92 Å². The Kier molecular flexibility index (Phi) is 7.85. The summed E-state index contributed by atoms with van der Waals surface area (Å²) in [5, 5.41) is 2.53. The van der Waals surface area contributed by atoms with Gasteiger partial charge in [0.1, 0.15) is 5.82 Å². The molecule has 3 aromatic carbocycles. The van der Waals surface area contributed by atoms with Crippen LogP contribution in [0.2, 0.25) is 0 Å². The Balaban J connectivity index is 1.77. The summed E-state index contributed by atoms with van der Waals surface area (Å²) in [7, 11) is 0. The summed E-state index contributed by atoms with van der Waals surface area (Å²) < 4.78 is 35.4. The van der Waals surface area contributed by atoms with Crippen LogP contribution in [-0.2, 0) is 6.42 Å². The molecule has 3 rings (SSSR count). The number of ether oxygens (including phenoxy) is 1. The topological polar surface area (TPSA) is 9.23 Å². The first-order valence-electron chi connectivity index (χ1n) is 11.1. The van der Waals surface area contributed by atoms with Crippen molar-refractivity contribution in [3.8, 4) is 5.75 Å². The minimum Gasteiger partial charge on any atom is -0.491 e. The molecule has 1 nitrogen and oxygen atoms in total. The van der Waals surface area contributed by atoms with E-state index in [1.54, 1.807) is 18.2 Å². The molecule has 0 fully saturated rings. The maximum absolute atomic E-state index is 15.1. The first-order valence-corrected chi connectivity index (χ1v) is 11.1. The zero-order valence-electron chi connectivity index (χ0n) is 17.7. The van der Waals surface area contributed by atoms with Crippen LogP contribution in [0.4, 0.5) is 8.78 Å². The summed E-state index contributed by atoms with van der Waals surface area (Å²) in [6.07, 6.45) is 10.1. The third-order valence-electron chi connectivity index (χ3n) is 5.62. The lowest BCUT2D eigenvalue weighted by molar-refractivity contribution is 0.302. The van der Waals surface area contributed by atoms with E-state index in [1.807, 2.05) is 25.1 Å². The molecule has 0 spiro atoms. The third kappa shape index (κ3) is 5.07. The highest BCUT2D eigenvalue weighted by atomic mass is 19.1. The fourth-order valence-corrected chi connectivity index (χ4v) is 3.96. The highest BCUT2D eigenvalue weighted by Gasteiger charge is 2.14.